The first-order valence-corrected chi connectivity index (χ1v) is 11.0. The summed E-state index contributed by atoms with van der Waals surface area (Å²) in [5.41, 5.74) is 0.305. The Balaban J connectivity index is 1.90. The topological polar surface area (TPSA) is 153 Å². The Bertz CT molecular complexity index is 1240. The molecular weight excluding hydrogens is 440 g/mol. The Morgan fingerprint density at radius 1 is 1.16 bits per heavy atom. The van der Waals surface area contributed by atoms with Crippen molar-refractivity contribution in [1.29, 1.82) is 0 Å². The highest BCUT2D eigenvalue weighted by molar-refractivity contribution is 7.90. The van der Waals surface area contributed by atoms with Crippen molar-refractivity contribution in [2.75, 3.05) is 32.7 Å². The molecule has 0 spiro atoms. The van der Waals surface area contributed by atoms with Crippen LogP contribution in [0.2, 0.25) is 0 Å². The van der Waals surface area contributed by atoms with Crippen LogP contribution < -0.4 is 14.8 Å². The zero-order valence-electron chi connectivity index (χ0n) is 17.4. The third-order valence-electron chi connectivity index (χ3n) is 4.65. The second-order valence-corrected chi connectivity index (χ2v) is 8.43. The van der Waals surface area contributed by atoms with Gasteiger partial charge in [-0.25, -0.2) is 13.1 Å². The Kier molecular flexibility index (Phi) is 6.95. The van der Waals surface area contributed by atoms with E-state index < -0.39 is 20.9 Å². The van der Waals surface area contributed by atoms with Crippen molar-refractivity contribution in [2.45, 2.75) is 11.3 Å². The van der Waals surface area contributed by atoms with E-state index in [4.69, 9.17) is 9.47 Å². The predicted octanol–water partition coefficient (Wildman–Crippen LogP) is 2.65. The van der Waals surface area contributed by atoms with E-state index in [1.54, 1.807) is 7.11 Å². The summed E-state index contributed by atoms with van der Waals surface area (Å²) in [4.78, 5) is 26.0. The molecule has 11 nitrogen and oxygen atoms in total. The number of sulfonamides is 1. The van der Waals surface area contributed by atoms with Gasteiger partial charge in [-0.2, -0.15) is 0 Å². The number of nitro benzene ring substituents is 1. The molecule has 3 N–H and O–H groups in total. The van der Waals surface area contributed by atoms with Gasteiger partial charge in [-0.05, 0) is 42.8 Å². The van der Waals surface area contributed by atoms with E-state index in [0.717, 1.165) is 0 Å². The van der Waals surface area contributed by atoms with Gasteiger partial charge in [0, 0.05) is 37.4 Å². The van der Waals surface area contributed by atoms with Crippen molar-refractivity contribution in [3.63, 3.8) is 0 Å². The molecule has 1 aromatic heterocycles. The van der Waals surface area contributed by atoms with Crippen LogP contribution in [0.3, 0.4) is 0 Å². The monoisotopic (exact) mass is 462 g/mol. The van der Waals surface area contributed by atoms with Gasteiger partial charge in [0.15, 0.2) is 0 Å². The number of benzene rings is 2. The van der Waals surface area contributed by atoms with E-state index in [1.165, 1.54) is 49.6 Å². The maximum Gasteiger partial charge on any atom is 0.293 e. The Hall–Kier alpha value is -3.64. The standard InChI is InChI=1S/C20H22N4O7S/c1-30-11-3-10-21-16-8-9-18(24(26)27)19-15(16)12-17(22-19)20(25)23-32(28,29)14-6-4-13(31-2)5-7-14/h4-9,12,21-22H,3,10-11H2,1-2H3,(H,23,25). The molecule has 0 atom stereocenters. The molecule has 0 aliphatic carbocycles. The lowest BCUT2D eigenvalue weighted by molar-refractivity contribution is -0.383. The molecule has 0 radical (unpaired) electrons. The SMILES string of the molecule is COCCCNc1ccc([N+](=O)[O-])c2[nH]c(C(=O)NS(=O)(=O)c3ccc(OC)cc3)cc12. The van der Waals surface area contributed by atoms with Crippen LogP contribution in [0, 0.1) is 10.1 Å². The first-order valence-electron chi connectivity index (χ1n) is 9.51. The molecule has 1 amide bonds. The number of non-ortho nitro benzene ring substituents is 1. The van der Waals surface area contributed by atoms with Gasteiger partial charge in [-0.15, -0.1) is 0 Å². The summed E-state index contributed by atoms with van der Waals surface area (Å²) < 4.78 is 37.1. The van der Waals surface area contributed by atoms with Crippen LogP contribution in [-0.4, -0.2) is 51.6 Å². The average Bonchev–Trinajstić information content (AvgIpc) is 3.22. The third-order valence-corrected chi connectivity index (χ3v) is 6.00. The lowest BCUT2D eigenvalue weighted by Gasteiger charge is -2.07. The number of aromatic amines is 1. The minimum atomic E-state index is -4.17. The molecule has 0 aliphatic rings. The molecule has 0 fully saturated rings. The van der Waals surface area contributed by atoms with E-state index in [2.05, 4.69) is 10.3 Å². The second-order valence-electron chi connectivity index (χ2n) is 6.74. The van der Waals surface area contributed by atoms with Gasteiger partial charge in [0.2, 0.25) is 0 Å². The van der Waals surface area contributed by atoms with Crippen LogP contribution in [0.1, 0.15) is 16.9 Å². The Morgan fingerprint density at radius 3 is 2.50 bits per heavy atom. The van der Waals surface area contributed by atoms with Crippen molar-refractivity contribution in [2.24, 2.45) is 0 Å². The van der Waals surface area contributed by atoms with Crippen molar-refractivity contribution in [1.82, 2.24) is 9.71 Å². The molecule has 2 aromatic carbocycles. The van der Waals surface area contributed by atoms with Crippen LogP contribution >= 0.6 is 0 Å². The van der Waals surface area contributed by atoms with Gasteiger partial charge in [-0.1, -0.05) is 0 Å². The summed E-state index contributed by atoms with van der Waals surface area (Å²) in [5.74, 6) is -0.486. The fourth-order valence-electron chi connectivity index (χ4n) is 3.06. The number of ether oxygens (including phenoxy) is 2. The molecule has 0 unspecified atom stereocenters. The van der Waals surface area contributed by atoms with Gasteiger partial charge >= 0.3 is 0 Å². The van der Waals surface area contributed by atoms with E-state index in [-0.39, 0.29) is 21.8 Å². The number of methoxy groups -OCH3 is 2. The zero-order chi connectivity index (χ0) is 23.3. The molecular formula is C20H22N4O7S. The summed E-state index contributed by atoms with van der Waals surface area (Å²) in [7, 11) is -1.14. The summed E-state index contributed by atoms with van der Waals surface area (Å²) >= 11 is 0. The van der Waals surface area contributed by atoms with Crippen molar-refractivity contribution >= 4 is 38.2 Å². The predicted molar refractivity (Wildman–Crippen MR) is 118 cm³/mol. The molecule has 3 aromatic rings. The number of amides is 1. The summed E-state index contributed by atoms with van der Waals surface area (Å²) in [6.07, 6.45) is 0.701. The molecule has 0 saturated carbocycles. The normalized spacial score (nSPS) is 11.3. The van der Waals surface area contributed by atoms with E-state index >= 15 is 0 Å². The summed E-state index contributed by atoms with van der Waals surface area (Å²) in [5, 5.41) is 14.9. The number of nitrogens with one attached hydrogen (secondary N) is 3. The first-order chi connectivity index (χ1) is 15.3. The highest BCUT2D eigenvalue weighted by Crippen LogP contribution is 2.32. The largest absolute Gasteiger partial charge is 0.497 e. The number of H-pyrrole nitrogens is 1. The molecule has 0 saturated heterocycles. The molecule has 1 heterocycles. The maximum atomic E-state index is 12.7. The molecule has 3 rings (SSSR count). The fourth-order valence-corrected chi connectivity index (χ4v) is 4.03. The number of nitro groups is 1. The van der Waals surface area contributed by atoms with Gasteiger partial charge in [0.25, 0.3) is 21.6 Å². The summed E-state index contributed by atoms with van der Waals surface area (Å²) in [6, 6.07) is 9.73. The van der Waals surface area contributed by atoms with Crippen LogP contribution in [-0.2, 0) is 14.8 Å². The van der Waals surface area contributed by atoms with Gasteiger partial charge in [0.1, 0.15) is 17.0 Å². The number of rotatable bonds is 10. The lowest BCUT2D eigenvalue weighted by atomic mass is 10.2. The number of hydrogen-bond donors (Lipinski definition) is 3. The number of nitrogens with zero attached hydrogens (tertiary/aromatic N) is 1. The fraction of sp³-hybridized carbons (Fsp3) is 0.250. The van der Waals surface area contributed by atoms with Crippen LogP contribution in [0.25, 0.3) is 10.9 Å². The number of fused-ring (bicyclic) bond motifs is 1. The van der Waals surface area contributed by atoms with Gasteiger partial charge in [-0.3, -0.25) is 14.9 Å². The minimum Gasteiger partial charge on any atom is -0.497 e. The van der Waals surface area contributed by atoms with Crippen LogP contribution in [0.15, 0.2) is 47.4 Å². The average molecular weight is 462 g/mol. The summed E-state index contributed by atoms with van der Waals surface area (Å²) in [6.45, 7) is 1.08. The molecule has 0 aliphatic heterocycles. The minimum absolute atomic E-state index is 0.110. The van der Waals surface area contributed by atoms with Crippen molar-refractivity contribution in [3.05, 3.63) is 58.3 Å². The molecule has 0 bridgehead atoms. The zero-order valence-corrected chi connectivity index (χ0v) is 18.2. The Morgan fingerprint density at radius 2 is 1.88 bits per heavy atom. The van der Waals surface area contributed by atoms with E-state index in [1.807, 2.05) is 4.72 Å². The van der Waals surface area contributed by atoms with E-state index in [9.17, 15) is 23.3 Å². The van der Waals surface area contributed by atoms with Crippen LogP contribution in [0.4, 0.5) is 11.4 Å². The highest BCUT2D eigenvalue weighted by Gasteiger charge is 2.23. The number of carbonyl (C=O) groups is 1. The van der Waals surface area contributed by atoms with Gasteiger partial charge in [0.05, 0.1) is 16.9 Å². The number of hydrogen-bond acceptors (Lipinski definition) is 8. The molecule has 170 valence electrons. The second kappa shape index (κ2) is 9.66. The van der Waals surface area contributed by atoms with Crippen molar-refractivity contribution in [3.8, 4) is 5.75 Å². The lowest BCUT2D eigenvalue weighted by Crippen LogP contribution is -2.30. The van der Waals surface area contributed by atoms with Crippen molar-refractivity contribution < 1.29 is 27.6 Å². The first kappa shape index (κ1) is 23.0. The van der Waals surface area contributed by atoms with Gasteiger partial charge < -0.3 is 19.8 Å². The maximum absolute atomic E-state index is 12.7. The number of anilines is 1. The number of aromatic nitrogens is 1. The third kappa shape index (κ3) is 4.98. The quantitative estimate of drug-likeness (QED) is 0.236. The van der Waals surface area contributed by atoms with E-state index in [0.29, 0.717) is 36.4 Å². The number of carbonyl (C=O) groups excluding carboxylic acids is 1. The smallest absolute Gasteiger partial charge is 0.293 e. The molecule has 12 heteroatoms. The molecule has 32 heavy (non-hydrogen) atoms. The Labute approximate surface area is 183 Å². The van der Waals surface area contributed by atoms with Crippen LogP contribution in [0.5, 0.6) is 5.75 Å². The highest BCUT2D eigenvalue weighted by atomic mass is 32.2.